The number of ether oxygens (including phenoxy) is 1. The third kappa shape index (κ3) is 4.35. The van der Waals surface area contributed by atoms with Gasteiger partial charge in [-0.05, 0) is 67.0 Å². The SMILES string of the molecule is CC(F)Oc1ccc(CNC(C)c2ccc3c(c2)CCCC3)cc1. The van der Waals surface area contributed by atoms with E-state index in [0.29, 0.717) is 11.8 Å². The molecule has 0 saturated carbocycles. The number of hydrogen-bond acceptors (Lipinski definition) is 2. The van der Waals surface area contributed by atoms with Gasteiger partial charge in [-0.1, -0.05) is 30.3 Å². The van der Waals surface area contributed by atoms with Gasteiger partial charge in [0.2, 0.25) is 6.36 Å². The summed E-state index contributed by atoms with van der Waals surface area (Å²) >= 11 is 0. The molecule has 0 aromatic heterocycles. The minimum atomic E-state index is -1.28. The summed E-state index contributed by atoms with van der Waals surface area (Å²) in [6, 6.07) is 14.8. The van der Waals surface area contributed by atoms with Gasteiger partial charge < -0.3 is 10.1 Å². The Morgan fingerprint density at radius 1 is 1.00 bits per heavy atom. The lowest BCUT2D eigenvalue weighted by atomic mass is 9.89. The van der Waals surface area contributed by atoms with Gasteiger partial charge in [0.1, 0.15) is 5.75 Å². The van der Waals surface area contributed by atoms with E-state index < -0.39 is 6.36 Å². The first kappa shape index (κ1) is 17.0. The summed E-state index contributed by atoms with van der Waals surface area (Å²) in [5.74, 6) is 0.566. The monoisotopic (exact) mass is 327 g/mol. The molecule has 0 aliphatic heterocycles. The smallest absolute Gasteiger partial charge is 0.235 e. The summed E-state index contributed by atoms with van der Waals surface area (Å²) in [4.78, 5) is 0. The second kappa shape index (κ2) is 7.80. The highest BCUT2D eigenvalue weighted by Gasteiger charge is 2.12. The number of fused-ring (bicyclic) bond motifs is 1. The summed E-state index contributed by atoms with van der Waals surface area (Å²) in [6.07, 6.45) is 3.79. The van der Waals surface area contributed by atoms with Crippen molar-refractivity contribution in [1.29, 1.82) is 0 Å². The first-order valence-electron chi connectivity index (χ1n) is 8.86. The molecule has 24 heavy (non-hydrogen) atoms. The van der Waals surface area contributed by atoms with Crippen LogP contribution >= 0.6 is 0 Å². The maximum atomic E-state index is 12.8. The lowest BCUT2D eigenvalue weighted by Crippen LogP contribution is -2.18. The van der Waals surface area contributed by atoms with Crippen LogP contribution in [-0.4, -0.2) is 6.36 Å². The van der Waals surface area contributed by atoms with Gasteiger partial charge in [0, 0.05) is 19.5 Å². The van der Waals surface area contributed by atoms with Crippen molar-refractivity contribution < 1.29 is 9.13 Å². The number of halogens is 1. The molecule has 0 amide bonds. The largest absolute Gasteiger partial charge is 0.461 e. The summed E-state index contributed by atoms with van der Waals surface area (Å²) in [6.45, 7) is 4.37. The van der Waals surface area contributed by atoms with Gasteiger partial charge in [-0.3, -0.25) is 0 Å². The van der Waals surface area contributed by atoms with E-state index in [0.717, 1.165) is 6.54 Å². The van der Waals surface area contributed by atoms with Gasteiger partial charge in [-0.2, -0.15) is 0 Å². The summed E-state index contributed by atoms with van der Waals surface area (Å²) < 4.78 is 17.8. The van der Waals surface area contributed by atoms with Crippen LogP contribution in [0.15, 0.2) is 42.5 Å². The van der Waals surface area contributed by atoms with Gasteiger partial charge in [-0.15, -0.1) is 0 Å². The minimum absolute atomic E-state index is 0.305. The summed E-state index contributed by atoms with van der Waals surface area (Å²) in [5, 5.41) is 3.57. The lowest BCUT2D eigenvalue weighted by molar-refractivity contribution is 0.0860. The van der Waals surface area contributed by atoms with Crippen molar-refractivity contribution in [1.82, 2.24) is 5.32 Å². The molecule has 2 aromatic carbocycles. The van der Waals surface area contributed by atoms with E-state index in [1.54, 1.807) is 0 Å². The van der Waals surface area contributed by atoms with Crippen LogP contribution in [-0.2, 0) is 19.4 Å². The second-order valence-corrected chi connectivity index (χ2v) is 6.64. The molecule has 2 aromatic rings. The number of hydrogen-bond donors (Lipinski definition) is 1. The minimum Gasteiger partial charge on any atom is -0.461 e. The Morgan fingerprint density at radius 2 is 1.71 bits per heavy atom. The molecule has 0 heterocycles. The fourth-order valence-corrected chi connectivity index (χ4v) is 3.28. The molecular formula is C21H26FNO. The molecule has 1 N–H and O–H groups in total. The van der Waals surface area contributed by atoms with Crippen LogP contribution in [0.25, 0.3) is 0 Å². The number of rotatable bonds is 6. The molecule has 3 heteroatoms. The Balaban J connectivity index is 1.58. The predicted molar refractivity (Wildman–Crippen MR) is 96.0 cm³/mol. The van der Waals surface area contributed by atoms with Crippen molar-refractivity contribution in [2.75, 3.05) is 0 Å². The number of nitrogens with one attached hydrogen (secondary N) is 1. The fraction of sp³-hybridized carbons (Fsp3) is 0.429. The molecule has 0 bridgehead atoms. The highest BCUT2D eigenvalue weighted by Crippen LogP contribution is 2.25. The first-order chi connectivity index (χ1) is 11.6. The van der Waals surface area contributed by atoms with Crippen LogP contribution in [0.5, 0.6) is 5.75 Å². The van der Waals surface area contributed by atoms with Gasteiger partial charge in [-0.25, -0.2) is 4.39 Å². The van der Waals surface area contributed by atoms with Gasteiger partial charge >= 0.3 is 0 Å². The van der Waals surface area contributed by atoms with Crippen molar-refractivity contribution in [2.24, 2.45) is 0 Å². The van der Waals surface area contributed by atoms with Crippen molar-refractivity contribution in [3.8, 4) is 5.75 Å². The molecule has 3 rings (SSSR count). The van der Waals surface area contributed by atoms with Gasteiger partial charge in [0.15, 0.2) is 0 Å². The topological polar surface area (TPSA) is 21.3 Å². The molecule has 2 unspecified atom stereocenters. The first-order valence-corrected chi connectivity index (χ1v) is 8.86. The molecule has 0 fully saturated rings. The summed E-state index contributed by atoms with van der Waals surface area (Å²) in [7, 11) is 0. The van der Waals surface area contributed by atoms with E-state index >= 15 is 0 Å². The van der Waals surface area contributed by atoms with E-state index in [-0.39, 0.29) is 0 Å². The van der Waals surface area contributed by atoms with Crippen molar-refractivity contribution in [3.63, 3.8) is 0 Å². The van der Waals surface area contributed by atoms with E-state index in [1.807, 2.05) is 24.3 Å². The van der Waals surface area contributed by atoms with E-state index in [9.17, 15) is 4.39 Å². The molecule has 1 aliphatic rings. The Labute approximate surface area is 144 Å². The van der Waals surface area contributed by atoms with Crippen molar-refractivity contribution in [3.05, 3.63) is 64.7 Å². The molecule has 1 aliphatic carbocycles. The Hall–Kier alpha value is -1.87. The molecule has 2 nitrogen and oxygen atoms in total. The molecule has 2 atom stereocenters. The standard InChI is InChI=1S/C21H26FNO/c1-15(19-10-9-18-5-3-4-6-20(18)13-19)23-14-17-7-11-21(12-8-17)24-16(2)22/h7-13,15-16,23H,3-6,14H2,1-2H3. The zero-order chi connectivity index (χ0) is 16.9. The second-order valence-electron chi connectivity index (χ2n) is 6.64. The van der Waals surface area contributed by atoms with Crippen molar-refractivity contribution >= 4 is 0 Å². The molecule has 128 valence electrons. The Kier molecular flexibility index (Phi) is 5.52. The Bertz CT molecular complexity index is 666. The van der Waals surface area contributed by atoms with E-state index in [4.69, 9.17) is 4.74 Å². The normalized spacial score (nSPS) is 16.3. The molecular weight excluding hydrogens is 301 g/mol. The third-order valence-corrected chi connectivity index (χ3v) is 4.71. The molecule has 0 saturated heterocycles. The van der Waals surface area contributed by atoms with Crippen LogP contribution in [0.1, 0.15) is 55.0 Å². The van der Waals surface area contributed by atoms with Gasteiger partial charge in [0.25, 0.3) is 0 Å². The lowest BCUT2D eigenvalue weighted by Gasteiger charge is -2.20. The number of aryl methyl sites for hydroxylation is 2. The van der Waals surface area contributed by atoms with Gasteiger partial charge in [0.05, 0.1) is 0 Å². The average molecular weight is 327 g/mol. The maximum Gasteiger partial charge on any atom is 0.235 e. The Morgan fingerprint density at radius 3 is 2.42 bits per heavy atom. The van der Waals surface area contributed by atoms with Crippen LogP contribution < -0.4 is 10.1 Å². The summed E-state index contributed by atoms with van der Waals surface area (Å²) in [5.41, 5.74) is 5.56. The fourth-order valence-electron chi connectivity index (χ4n) is 3.28. The van der Waals surface area contributed by atoms with Crippen LogP contribution in [0.4, 0.5) is 4.39 Å². The van der Waals surface area contributed by atoms with Crippen LogP contribution in [0.2, 0.25) is 0 Å². The highest BCUT2D eigenvalue weighted by molar-refractivity contribution is 5.35. The average Bonchev–Trinajstić information content (AvgIpc) is 2.60. The van der Waals surface area contributed by atoms with Crippen LogP contribution in [0.3, 0.4) is 0 Å². The highest BCUT2D eigenvalue weighted by atomic mass is 19.1. The number of benzene rings is 2. The zero-order valence-corrected chi connectivity index (χ0v) is 14.5. The molecule has 0 radical (unpaired) electrons. The maximum absolute atomic E-state index is 12.8. The van der Waals surface area contributed by atoms with E-state index in [1.165, 1.54) is 54.9 Å². The van der Waals surface area contributed by atoms with Crippen molar-refractivity contribution in [2.45, 2.75) is 58.5 Å². The predicted octanol–water partition coefficient (Wildman–Crippen LogP) is 5.11. The zero-order valence-electron chi connectivity index (χ0n) is 14.5. The van der Waals surface area contributed by atoms with E-state index in [2.05, 4.69) is 30.4 Å². The third-order valence-electron chi connectivity index (χ3n) is 4.71. The number of alkyl halides is 1. The quantitative estimate of drug-likeness (QED) is 0.796. The van der Waals surface area contributed by atoms with Crippen LogP contribution in [0, 0.1) is 0 Å². The molecule has 0 spiro atoms.